The van der Waals surface area contributed by atoms with E-state index in [4.69, 9.17) is 0 Å². The number of nitrogens with one attached hydrogen (secondary N) is 1. The normalized spacial score (nSPS) is 17.2. The topological polar surface area (TPSA) is 66.5 Å². The SMILES string of the molecule is CSCCC(C(=O)NC(Cc1cccc(Br)c1)CC1CC1)N1C(=O)c2ccccc2C1=O. The number of amides is 3. The first-order valence-corrected chi connectivity index (χ1v) is 13.2. The van der Waals surface area contributed by atoms with Gasteiger partial charge in [0.25, 0.3) is 11.8 Å². The van der Waals surface area contributed by atoms with Crippen molar-refractivity contribution in [2.24, 2.45) is 5.92 Å². The Bertz CT molecular complexity index is 989. The predicted octanol–water partition coefficient (Wildman–Crippen LogP) is 4.69. The Hall–Kier alpha value is -2.12. The molecule has 4 rings (SSSR count). The summed E-state index contributed by atoms with van der Waals surface area (Å²) >= 11 is 5.12. The second kappa shape index (κ2) is 10.2. The molecule has 2 aromatic rings. The average molecular weight is 515 g/mol. The van der Waals surface area contributed by atoms with Gasteiger partial charge in [-0.1, -0.05) is 53.0 Å². The number of benzene rings is 2. The molecule has 1 fully saturated rings. The van der Waals surface area contributed by atoms with E-state index in [0.29, 0.717) is 29.2 Å². The van der Waals surface area contributed by atoms with E-state index in [0.717, 1.165) is 22.9 Å². The second-order valence-electron chi connectivity index (χ2n) is 8.54. The zero-order valence-electron chi connectivity index (χ0n) is 18.1. The van der Waals surface area contributed by atoms with E-state index in [2.05, 4.69) is 33.4 Å². The molecule has 168 valence electrons. The van der Waals surface area contributed by atoms with Crippen LogP contribution in [0.15, 0.2) is 53.0 Å². The van der Waals surface area contributed by atoms with Crippen molar-refractivity contribution in [1.82, 2.24) is 10.2 Å². The van der Waals surface area contributed by atoms with Gasteiger partial charge >= 0.3 is 0 Å². The van der Waals surface area contributed by atoms with E-state index in [1.54, 1.807) is 36.0 Å². The number of nitrogens with zero attached hydrogens (tertiary/aromatic N) is 1. The predicted molar refractivity (Wildman–Crippen MR) is 131 cm³/mol. The second-order valence-corrected chi connectivity index (χ2v) is 10.4. The molecule has 0 spiro atoms. The molecule has 2 aromatic carbocycles. The first-order chi connectivity index (χ1) is 15.5. The summed E-state index contributed by atoms with van der Waals surface area (Å²) in [5.74, 6) is 0.325. The lowest BCUT2D eigenvalue weighted by molar-refractivity contribution is -0.125. The molecule has 1 aliphatic carbocycles. The van der Waals surface area contributed by atoms with Crippen LogP contribution in [0.4, 0.5) is 0 Å². The molecule has 0 saturated heterocycles. The molecule has 1 heterocycles. The molecule has 5 nitrogen and oxygen atoms in total. The van der Waals surface area contributed by atoms with Crippen molar-refractivity contribution in [2.75, 3.05) is 12.0 Å². The van der Waals surface area contributed by atoms with Crippen LogP contribution in [0, 0.1) is 5.92 Å². The first kappa shape index (κ1) is 23.1. The molecular weight excluding hydrogens is 488 g/mol. The lowest BCUT2D eigenvalue weighted by Crippen LogP contribution is -2.52. The maximum absolute atomic E-state index is 13.5. The zero-order valence-corrected chi connectivity index (χ0v) is 20.5. The molecule has 1 aliphatic heterocycles. The van der Waals surface area contributed by atoms with Gasteiger partial charge in [0.15, 0.2) is 0 Å². The molecule has 0 bridgehead atoms. The van der Waals surface area contributed by atoms with E-state index in [-0.39, 0.29) is 23.8 Å². The Kier molecular flexibility index (Phi) is 7.36. The van der Waals surface area contributed by atoms with Gasteiger partial charge in [-0.25, -0.2) is 0 Å². The van der Waals surface area contributed by atoms with Crippen LogP contribution in [0.2, 0.25) is 0 Å². The monoisotopic (exact) mass is 514 g/mol. The lowest BCUT2D eigenvalue weighted by atomic mass is 10.00. The molecule has 2 unspecified atom stereocenters. The number of rotatable bonds is 10. The van der Waals surface area contributed by atoms with Gasteiger partial charge in [-0.3, -0.25) is 19.3 Å². The summed E-state index contributed by atoms with van der Waals surface area (Å²) in [6.07, 6.45) is 6.42. The van der Waals surface area contributed by atoms with E-state index in [1.807, 2.05) is 18.4 Å². The van der Waals surface area contributed by atoms with Crippen molar-refractivity contribution >= 4 is 45.4 Å². The van der Waals surface area contributed by atoms with Gasteiger partial charge in [0.1, 0.15) is 6.04 Å². The summed E-state index contributed by atoms with van der Waals surface area (Å²) in [5.41, 5.74) is 1.90. The van der Waals surface area contributed by atoms with Crippen molar-refractivity contribution in [3.05, 3.63) is 69.7 Å². The van der Waals surface area contributed by atoms with Crippen LogP contribution in [-0.2, 0) is 11.2 Å². The summed E-state index contributed by atoms with van der Waals surface area (Å²) in [6, 6.07) is 14.1. The van der Waals surface area contributed by atoms with Crippen LogP contribution in [0.5, 0.6) is 0 Å². The molecule has 1 saturated carbocycles. The van der Waals surface area contributed by atoms with Gasteiger partial charge < -0.3 is 5.32 Å². The van der Waals surface area contributed by atoms with Crippen molar-refractivity contribution in [2.45, 2.75) is 44.2 Å². The fraction of sp³-hybridized carbons (Fsp3) is 0.400. The van der Waals surface area contributed by atoms with Gasteiger partial charge in [0, 0.05) is 10.5 Å². The largest absolute Gasteiger partial charge is 0.351 e. The number of fused-ring (bicyclic) bond motifs is 1. The summed E-state index contributed by atoms with van der Waals surface area (Å²) < 4.78 is 1.01. The molecule has 1 N–H and O–H groups in total. The van der Waals surface area contributed by atoms with Crippen LogP contribution in [0.25, 0.3) is 0 Å². The standard InChI is InChI=1S/C25H27BrN2O3S/c1-32-12-11-22(28-24(30)20-7-2-3-8-21(20)25(28)31)23(29)27-19(14-16-9-10-16)15-17-5-4-6-18(26)13-17/h2-8,13,16,19,22H,9-12,14-15H2,1H3,(H,27,29). The van der Waals surface area contributed by atoms with Crippen molar-refractivity contribution in [3.8, 4) is 0 Å². The molecule has 2 aliphatic rings. The van der Waals surface area contributed by atoms with Crippen LogP contribution in [0.1, 0.15) is 52.0 Å². The highest BCUT2D eigenvalue weighted by Crippen LogP contribution is 2.34. The Balaban J connectivity index is 1.53. The molecular formula is C25H27BrN2O3S. The van der Waals surface area contributed by atoms with Crippen molar-refractivity contribution in [3.63, 3.8) is 0 Å². The minimum Gasteiger partial charge on any atom is -0.351 e. The minimum atomic E-state index is -0.806. The fourth-order valence-corrected chi connectivity index (χ4v) is 5.20. The summed E-state index contributed by atoms with van der Waals surface area (Å²) in [6.45, 7) is 0. The third-order valence-corrected chi connectivity index (χ3v) is 7.20. The van der Waals surface area contributed by atoms with E-state index >= 15 is 0 Å². The number of halogens is 1. The van der Waals surface area contributed by atoms with Crippen molar-refractivity contribution in [1.29, 1.82) is 0 Å². The third kappa shape index (κ3) is 5.26. The number of hydrogen-bond acceptors (Lipinski definition) is 4. The van der Waals surface area contributed by atoms with Gasteiger partial charge in [-0.15, -0.1) is 0 Å². The maximum atomic E-state index is 13.5. The van der Waals surface area contributed by atoms with Crippen LogP contribution in [0.3, 0.4) is 0 Å². The highest BCUT2D eigenvalue weighted by molar-refractivity contribution is 9.10. The first-order valence-electron chi connectivity index (χ1n) is 11.0. The van der Waals surface area contributed by atoms with E-state index < -0.39 is 6.04 Å². The molecule has 3 amide bonds. The summed E-state index contributed by atoms with van der Waals surface area (Å²) in [7, 11) is 0. The van der Waals surface area contributed by atoms with Gasteiger partial charge in [0.05, 0.1) is 11.1 Å². The van der Waals surface area contributed by atoms with E-state index in [9.17, 15) is 14.4 Å². The van der Waals surface area contributed by atoms with Gasteiger partial charge in [-0.05, 0) is 67.0 Å². The minimum absolute atomic E-state index is 0.0312. The Morgan fingerprint density at radius 2 is 1.81 bits per heavy atom. The highest BCUT2D eigenvalue weighted by Gasteiger charge is 2.42. The van der Waals surface area contributed by atoms with Crippen LogP contribution < -0.4 is 5.32 Å². The summed E-state index contributed by atoms with van der Waals surface area (Å²) in [4.78, 5) is 40.7. The van der Waals surface area contributed by atoms with Gasteiger partial charge in [-0.2, -0.15) is 11.8 Å². The zero-order chi connectivity index (χ0) is 22.7. The Morgan fingerprint density at radius 3 is 2.41 bits per heavy atom. The highest BCUT2D eigenvalue weighted by atomic mass is 79.9. The third-order valence-electron chi connectivity index (χ3n) is 6.07. The molecule has 7 heteroatoms. The van der Waals surface area contributed by atoms with Crippen LogP contribution in [-0.4, -0.2) is 46.7 Å². The van der Waals surface area contributed by atoms with Crippen LogP contribution >= 0.6 is 27.7 Å². The summed E-state index contributed by atoms with van der Waals surface area (Å²) in [5, 5.41) is 3.20. The number of imide groups is 1. The molecule has 32 heavy (non-hydrogen) atoms. The average Bonchev–Trinajstić information content (AvgIpc) is 3.55. The Morgan fingerprint density at radius 1 is 1.12 bits per heavy atom. The Labute approximate surface area is 201 Å². The number of carbonyl (C=O) groups is 3. The fourth-order valence-electron chi connectivity index (χ4n) is 4.29. The van der Waals surface area contributed by atoms with Gasteiger partial charge in [0.2, 0.25) is 5.91 Å². The van der Waals surface area contributed by atoms with Crippen molar-refractivity contribution < 1.29 is 14.4 Å². The van der Waals surface area contributed by atoms with E-state index in [1.165, 1.54) is 17.7 Å². The molecule has 0 radical (unpaired) electrons. The number of carbonyl (C=O) groups excluding carboxylic acids is 3. The molecule has 2 atom stereocenters. The number of thioether (sulfide) groups is 1. The lowest BCUT2D eigenvalue weighted by Gasteiger charge is -2.28. The maximum Gasteiger partial charge on any atom is 0.262 e. The molecule has 0 aromatic heterocycles. The number of hydrogen-bond donors (Lipinski definition) is 1. The smallest absolute Gasteiger partial charge is 0.262 e. The quantitative estimate of drug-likeness (QED) is 0.466.